The second-order valence-electron chi connectivity index (χ2n) is 5.51. The first-order valence-corrected chi connectivity index (χ1v) is 7.85. The van der Waals surface area contributed by atoms with Gasteiger partial charge < -0.3 is 15.5 Å². The van der Waals surface area contributed by atoms with Crippen molar-refractivity contribution < 1.29 is 15.0 Å². The quantitative estimate of drug-likeness (QED) is 0.735. The molecule has 1 unspecified atom stereocenters. The van der Waals surface area contributed by atoms with E-state index in [4.69, 9.17) is 5.11 Å². The van der Waals surface area contributed by atoms with Crippen molar-refractivity contribution in [2.24, 2.45) is 0 Å². The van der Waals surface area contributed by atoms with Gasteiger partial charge in [0, 0.05) is 0 Å². The number of carbonyl (C=O) groups excluding carboxylic acids is 1. The Labute approximate surface area is 136 Å². The van der Waals surface area contributed by atoms with Gasteiger partial charge in [-0.2, -0.15) is 0 Å². The van der Waals surface area contributed by atoms with Gasteiger partial charge in [0.1, 0.15) is 0 Å². The number of carbonyl (C=O) groups is 1. The molecule has 0 aliphatic carbocycles. The lowest BCUT2D eigenvalue weighted by molar-refractivity contribution is -0.123. The molecule has 0 spiro atoms. The number of aliphatic hydroxyl groups is 2. The van der Waals surface area contributed by atoms with Crippen molar-refractivity contribution in [2.75, 3.05) is 6.61 Å². The highest BCUT2D eigenvalue weighted by atomic mass is 16.3. The number of benzene rings is 2. The molecule has 0 aromatic heterocycles. The maximum Gasteiger partial charge on any atom is 0.228 e. The van der Waals surface area contributed by atoms with Gasteiger partial charge in [-0.1, -0.05) is 61.5 Å². The molecule has 122 valence electrons. The average molecular weight is 313 g/mol. The van der Waals surface area contributed by atoms with E-state index in [2.05, 4.69) is 5.32 Å². The van der Waals surface area contributed by atoms with Gasteiger partial charge >= 0.3 is 0 Å². The maximum absolute atomic E-state index is 12.6. The first-order chi connectivity index (χ1) is 11.2. The molecule has 0 heterocycles. The molecule has 0 radical (unpaired) electrons. The normalized spacial score (nSPS) is 13.3. The van der Waals surface area contributed by atoms with Crippen LogP contribution in [0.15, 0.2) is 54.6 Å². The van der Waals surface area contributed by atoms with Gasteiger partial charge in [-0.05, 0) is 23.1 Å². The van der Waals surface area contributed by atoms with Gasteiger partial charge in [0.05, 0.1) is 25.2 Å². The number of aliphatic hydroxyl groups excluding tert-OH is 2. The minimum Gasteiger partial charge on any atom is -0.394 e. The number of nitrogens with one attached hydrogen (secondary N) is 1. The highest BCUT2D eigenvalue weighted by Gasteiger charge is 2.22. The topological polar surface area (TPSA) is 69.6 Å². The summed E-state index contributed by atoms with van der Waals surface area (Å²) in [6.07, 6.45) is 0.664. The van der Waals surface area contributed by atoms with E-state index in [1.165, 1.54) is 0 Å². The lowest BCUT2D eigenvalue weighted by atomic mass is 9.94. The van der Waals surface area contributed by atoms with E-state index < -0.39 is 6.04 Å². The molecule has 2 aromatic rings. The second-order valence-corrected chi connectivity index (χ2v) is 5.51. The zero-order valence-corrected chi connectivity index (χ0v) is 13.3. The van der Waals surface area contributed by atoms with E-state index in [0.29, 0.717) is 6.42 Å². The third-order valence-electron chi connectivity index (χ3n) is 3.99. The molecule has 0 aliphatic rings. The molecule has 0 bridgehead atoms. The predicted octanol–water partition coefficient (Wildman–Crippen LogP) is 2.52. The Morgan fingerprint density at radius 1 is 1.00 bits per heavy atom. The molecule has 2 aromatic carbocycles. The fourth-order valence-electron chi connectivity index (χ4n) is 2.62. The van der Waals surface area contributed by atoms with Crippen LogP contribution in [0.5, 0.6) is 0 Å². The minimum absolute atomic E-state index is 0.0101. The van der Waals surface area contributed by atoms with E-state index in [1.807, 2.05) is 61.5 Å². The van der Waals surface area contributed by atoms with Gasteiger partial charge in [0.15, 0.2) is 0 Å². The molecule has 2 atom stereocenters. The Morgan fingerprint density at radius 2 is 1.65 bits per heavy atom. The first kappa shape index (κ1) is 17.2. The molecular formula is C19H23NO3. The molecule has 1 amide bonds. The van der Waals surface area contributed by atoms with Crippen molar-refractivity contribution >= 4 is 5.91 Å². The summed E-state index contributed by atoms with van der Waals surface area (Å²) < 4.78 is 0. The number of hydrogen-bond donors (Lipinski definition) is 3. The van der Waals surface area contributed by atoms with Crippen LogP contribution in [-0.2, 0) is 11.4 Å². The van der Waals surface area contributed by atoms with Gasteiger partial charge in [-0.25, -0.2) is 0 Å². The van der Waals surface area contributed by atoms with Crippen molar-refractivity contribution in [2.45, 2.75) is 31.9 Å². The summed E-state index contributed by atoms with van der Waals surface area (Å²) in [5.41, 5.74) is 2.61. The molecule has 23 heavy (non-hydrogen) atoms. The SMILES string of the molecule is CCC(C(=O)N[C@H](CO)c1ccccc1)c1ccc(CO)cc1. The Hall–Kier alpha value is -2.17. The van der Waals surface area contributed by atoms with Crippen LogP contribution in [0.25, 0.3) is 0 Å². The molecule has 4 heteroatoms. The molecule has 4 nitrogen and oxygen atoms in total. The summed E-state index contributed by atoms with van der Waals surface area (Å²) in [4.78, 5) is 12.6. The summed E-state index contributed by atoms with van der Waals surface area (Å²) >= 11 is 0. The molecule has 0 fully saturated rings. The Kier molecular flexibility index (Phi) is 6.32. The fourth-order valence-corrected chi connectivity index (χ4v) is 2.62. The van der Waals surface area contributed by atoms with Crippen LogP contribution in [0.1, 0.15) is 42.0 Å². The Balaban J connectivity index is 2.12. The van der Waals surface area contributed by atoms with Crippen LogP contribution in [-0.4, -0.2) is 22.7 Å². The van der Waals surface area contributed by atoms with Crippen LogP contribution in [0.4, 0.5) is 0 Å². The lowest BCUT2D eigenvalue weighted by Gasteiger charge is -2.21. The molecule has 3 N–H and O–H groups in total. The van der Waals surface area contributed by atoms with Crippen molar-refractivity contribution in [3.05, 3.63) is 71.3 Å². The highest BCUT2D eigenvalue weighted by Crippen LogP contribution is 2.22. The lowest BCUT2D eigenvalue weighted by Crippen LogP contribution is -2.34. The highest BCUT2D eigenvalue weighted by molar-refractivity contribution is 5.84. The summed E-state index contributed by atoms with van der Waals surface area (Å²) in [5, 5.41) is 21.6. The zero-order chi connectivity index (χ0) is 16.7. The van der Waals surface area contributed by atoms with E-state index in [1.54, 1.807) is 0 Å². The van der Waals surface area contributed by atoms with E-state index in [9.17, 15) is 9.90 Å². The van der Waals surface area contributed by atoms with Crippen molar-refractivity contribution in [3.63, 3.8) is 0 Å². The van der Waals surface area contributed by atoms with Gasteiger partial charge in [-0.3, -0.25) is 4.79 Å². The standard InChI is InChI=1S/C19H23NO3/c1-2-17(15-10-8-14(12-21)9-11-15)19(23)20-18(13-22)16-6-4-3-5-7-16/h3-11,17-18,21-22H,2,12-13H2,1H3,(H,20,23)/t17?,18-/m1/s1. The van der Waals surface area contributed by atoms with Crippen LogP contribution in [0, 0.1) is 0 Å². The second kappa shape index (κ2) is 8.46. The minimum atomic E-state index is -0.408. The smallest absolute Gasteiger partial charge is 0.228 e. The van der Waals surface area contributed by atoms with Crippen LogP contribution >= 0.6 is 0 Å². The molecule has 2 rings (SSSR count). The van der Waals surface area contributed by atoms with Crippen molar-refractivity contribution in [1.82, 2.24) is 5.32 Å². The molecule has 0 saturated heterocycles. The van der Waals surface area contributed by atoms with Crippen LogP contribution < -0.4 is 5.32 Å². The molecule has 0 saturated carbocycles. The monoisotopic (exact) mass is 313 g/mol. The molecular weight excluding hydrogens is 290 g/mol. The van der Waals surface area contributed by atoms with Gasteiger partial charge in [-0.15, -0.1) is 0 Å². The van der Waals surface area contributed by atoms with Gasteiger partial charge in [0.2, 0.25) is 5.91 Å². The zero-order valence-electron chi connectivity index (χ0n) is 13.3. The van der Waals surface area contributed by atoms with E-state index in [0.717, 1.165) is 16.7 Å². The third-order valence-corrected chi connectivity index (χ3v) is 3.99. The Bertz CT molecular complexity index is 610. The van der Waals surface area contributed by atoms with Gasteiger partial charge in [0.25, 0.3) is 0 Å². The molecule has 0 aliphatic heterocycles. The number of rotatable bonds is 7. The van der Waals surface area contributed by atoms with Crippen LogP contribution in [0.2, 0.25) is 0 Å². The van der Waals surface area contributed by atoms with Crippen molar-refractivity contribution in [1.29, 1.82) is 0 Å². The third kappa shape index (κ3) is 4.41. The summed E-state index contributed by atoms with van der Waals surface area (Å²) in [6.45, 7) is 1.81. The number of hydrogen-bond acceptors (Lipinski definition) is 3. The number of amides is 1. The van der Waals surface area contributed by atoms with Crippen LogP contribution in [0.3, 0.4) is 0 Å². The van der Waals surface area contributed by atoms with E-state index in [-0.39, 0.29) is 25.0 Å². The maximum atomic E-state index is 12.6. The first-order valence-electron chi connectivity index (χ1n) is 7.85. The summed E-state index contributed by atoms with van der Waals surface area (Å²) in [6, 6.07) is 16.4. The Morgan fingerprint density at radius 3 is 2.17 bits per heavy atom. The largest absolute Gasteiger partial charge is 0.394 e. The van der Waals surface area contributed by atoms with Crippen molar-refractivity contribution in [3.8, 4) is 0 Å². The van der Waals surface area contributed by atoms with E-state index >= 15 is 0 Å². The summed E-state index contributed by atoms with van der Waals surface area (Å²) in [5.74, 6) is -0.382. The fraction of sp³-hybridized carbons (Fsp3) is 0.316. The predicted molar refractivity (Wildman–Crippen MR) is 89.8 cm³/mol. The average Bonchev–Trinajstić information content (AvgIpc) is 2.61. The summed E-state index contributed by atoms with van der Waals surface area (Å²) in [7, 11) is 0.